The number of pyridine rings is 1. The van der Waals surface area contributed by atoms with Crippen molar-refractivity contribution in [3.8, 4) is 0 Å². The highest BCUT2D eigenvalue weighted by atomic mass is 16.1. The topological polar surface area (TPSA) is 77.6 Å². The van der Waals surface area contributed by atoms with Crippen LogP contribution in [-0.4, -0.2) is 30.2 Å². The molecule has 0 saturated heterocycles. The van der Waals surface area contributed by atoms with Gasteiger partial charge in [-0.1, -0.05) is 19.1 Å². The van der Waals surface area contributed by atoms with E-state index in [2.05, 4.69) is 31.9 Å². The van der Waals surface area contributed by atoms with E-state index in [9.17, 15) is 4.79 Å². The number of hydrogen-bond acceptors (Lipinski definition) is 4. The minimum Gasteiger partial charge on any atom is -0.310 e. The molecule has 1 amide bonds. The van der Waals surface area contributed by atoms with Gasteiger partial charge in [-0.05, 0) is 38.5 Å². The van der Waals surface area contributed by atoms with Gasteiger partial charge in [0.1, 0.15) is 0 Å². The SMILES string of the molecule is CCCn1c(NC(=O)c2cc(C)nc3c2c(C)nn3C)nc2ccccc21. The summed E-state index contributed by atoms with van der Waals surface area (Å²) >= 11 is 0. The number of amides is 1. The summed E-state index contributed by atoms with van der Waals surface area (Å²) in [6.45, 7) is 6.66. The monoisotopic (exact) mass is 362 g/mol. The fraction of sp³-hybridized carbons (Fsp3) is 0.300. The molecule has 3 heterocycles. The first-order valence-corrected chi connectivity index (χ1v) is 9.07. The molecule has 0 atom stereocenters. The van der Waals surface area contributed by atoms with Crippen molar-refractivity contribution >= 4 is 33.9 Å². The summed E-state index contributed by atoms with van der Waals surface area (Å²) in [5.41, 5.74) is 4.72. The van der Waals surface area contributed by atoms with E-state index in [4.69, 9.17) is 0 Å². The van der Waals surface area contributed by atoms with Crippen molar-refractivity contribution in [2.24, 2.45) is 7.05 Å². The minimum absolute atomic E-state index is 0.200. The quantitative estimate of drug-likeness (QED) is 0.602. The fourth-order valence-electron chi connectivity index (χ4n) is 3.54. The first-order chi connectivity index (χ1) is 13.0. The maximum absolute atomic E-state index is 13.1. The Labute approximate surface area is 157 Å². The summed E-state index contributed by atoms with van der Waals surface area (Å²) in [6, 6.07) is 9.71. The fourth-order valence-corrected chi connectivity index (χ4v) is 3.54. The van der Waals surface area contributed by atoms with Crippen molar-refractivity contribution < 1.29 is 4.79 Å². The van der Waals surface area contributed by atoms with Gasteiger partial charge in [-0.25, -0.2) is 9.97 Å². The highest BCUT2D eigenvalue weighted by molar-refractivity contribution is 6.12. The number of fused-ring (bicyclic) bond motifs is 2. The summed E-state index contributed by atoms with van der Waals surface area (Å²) in [4.78, 5) is 22.3. The third-order valence-corrected chi connectivity index (χ3v) is 4.67. The molecule has 0 aliphatic rings. The number of carbonyl (C=O) groups excluding carboxylic acids is 1. The molecule has 0 fully saturated rings. The summed E-state index contributed by atoms with van der Waals surface area (Å²) in [5, 5.41) is 8.20. The molecule has 1 N–H and O–H groups in total. The zero-order valence-corrected chi connectivity index (χ0v) is 15.9. The maximum Gasteiger partial charge on any atom is 0.258 e. The lowest BCUT2D eigenvalue weighted by Crippen LogP contribution is -2.17. The first-order valence-electron chi connectivity index (χ1n) is 9.07. The predicted octanol–water partition coefficient (Wildman–Crippen LogP) is 3.60. The molecule has 27 heavy (non-hydrogen) atoms. The van der Waals surface area contributed by atoms with Crippen LogP contribution in [0.15, 0.2) is 30.3 Å². The molecule has 0 saturated carbocycles. The average Bonchev–Trinajstić information content (AvgIpc) is 3.12. The normalized spacial score (nSPS) is 11.4. The largest absolute Gasteiger partial charge is 0.310 e. The smallest absolute Gasteiger partial charge is 0.258 e. The molecule has 4 aromatic rings. The number of benzene rings is 1. The number of aryl methyl sites for hydroxylation is 4. The van der Waals surface area contributed by atoms with Crippen molar-refractivity contribution in [3.05, 3.63) is 47.3 Å². The lowest BCUT2D eigenvalue weighted by molar-refractivity contribution is 0.102. The standard InChI is InChI=1S/C20H22N6O/c1-5-10-26-16-9-7-6-8-15(16)22-20(26)23-19(27)14-11-12(2)21-18-17(14)13(3)24-25(18)4/h6-9,11H,5,10H2,1-4H3,(H,22,23,27). The minimum atomic E-state index is -0.200. The van der Waals surface area contributed by atoms with Gasteiger partial charge in [-0.2, -0.15) is 5.10 Å². The molecule has 138 valence electrons. The second-order valence-electron chi connectivity index (χ2n) is 6.75. The van der Waals surface area contributed by atoms with Crippen LogP contribution in [0.3, 0.4) is 0 Å². The van der Waals surface area contributed by atoms with E-state index in [-0.39, 0.29) is 5.91 Å². The van der Waals surface area contributed by atoms with Gasteiger partial charge in [-0.3, -0.25) is 14.8 Å². The van der Waals surface area contributed by atoms with Gasteiger partial charge in [0.25, 0.3) is 5.91 Å². The third kappa shape index (κ3) is 2.85. The van der Waals surface area contributed by atoms with Gasteiger partial charge in [0.05, 0.1) is 27.7 Å². The van der Waals surface area contributed by atoms with Crippen molar-refractivity contribution in [3.63, 3.8) is 0 Å². The van der Waals surface area contributed by atoms with E-state index in [0.717, 1.165) is 40.8 Å². The van der Waals surface area contributed by atoms with Crippen molar-refractivity contribution in [2.45, 2.75) is 33.7 Å². The first kappa shape index (κ1) is 17.2. The van der Waals surface area contributed by atoms with Gasteiger partial charge < -0.3 is 4.57 Å². The second-order valence-corrected chi connectivity index (χ2v) is 6.75. The van der Waals surface area contributed by atoms with E-state index < -0.39 is 0 Å². The van der Waals surface area contributed by atoms with E-state index in [1.54, 1.807) is 10.7 Å². The van der Waals surface area contributed by atoms with Crippen LogP contribution in [0.5, 0.6) is 0 Å². The van der Waals surface area contributed by atoms with Crippen molar-refractivity contribution in [1.82, 2.24) is 24.3 Å². The third-order valence-electron chi connectivity index (χ3n) is 4.67. The van der Waals surface area contributed by atoms with E-state index >= 15 is 0 Å². The highest BCUT2D eigenvalue weighted by Crippen LogP contribution is 2.24. The number of nitrogens with zero attached hydrogens (tertiary/aromatic N) is 5. The average molecular weight is 362 g/mol. The number of imidazole rings is 1. The number of nitrogens with one attached hydrogen (secondary N) is 1. The Bertz CT molecular complexity index is 1170. The number of hydrogen-bond donors (Lipinski definition) is 1. The molecule has 0 bridgehead atoms. The molecule has 3 aromatic heterocycles. The Morgan fingerprint density at radius 1 is 1.19 bits per heavy atom. The van der Waals surface area contributed by atoms with Crippen molar-refractivity contribution in [2.75, 3.05) is 5.32 Å². The maximum atomic E-state index is 13.1. The Kier molecular flexibility index (Phi) is 4.14. The van der Waals surface area contributed by atoms with E-state index in [1.807, 2.05) is 45.2 Å². The summed E-state index contributed by atoms with van der Waals surface area (Å²) in [7, 11) is 1.84. The molecule has 0 aliphatic heterocycles. The van der Waals surface area contributed by atoms with Gasteiger partial charge >= 0.3 is 0 Å². The van der Waals surface area contributed by atoms with E-state index in [0.29, 0.717) is 17.2 Å². The van der Waals surface area contributed by atoms with E-state index in [1.165, 1.54) is 0 Å². The number of aromatic nitrogens is 5. The molecular formula is C20H22N6O. The zero-order valence-electron chi connectivity index (χ0n) is 15.9. The molecular weight excluding hydrogens is 340 g/mol. The van der Waals surface area contributed by atoms with Crippen LogP contribution in [-0.2, 0) is 13.6 Å². The summed E-state index contributed by atoms with van der Waals surface area (Å²) in [6.07, 6.45) is 0.948. The number of anilines is 1. The number of para-hydroxylation sites is 2. The van der Waals surface area contributed by atoms with Crippen LogP contribution in [0, 0.1) is 13.8 Å². The summed E-state index contributed by atoms with van der Waals surface area (Å²) in [5.74, 6) is 0.362. The summed E-state index contributed by atoms with van der Waals surface area (Å²) < 4.78 is 3.76. The molecule has 7 heteroatoms. The van der Waals surface area contributed by atoms with Gasteiger partial charge in [-0.15, -0.1) is 0 Å². The molecule has 0 aliphatic carbocycles. The van der Waals surface area contributed by atoms with Crippen LogP contribution < -0.4 is 5.32 Å². The number of rotatable bonds is 4. The molecule has 7 nitrogen and oxygen atoms in total. The van der Waals surface area contributed by atoms with Crippen LogP contribution in [0.2, 0.25) is 0 Å². The molecule has 0 spiro atoms. The van der Waals surface area contributed by atoms with Gasteiger partial charge in [0.2, 0.25) is 5.95 Å². The zero-order chi connectivity index (χ0) is 19.1. The molecule has 0 radical (unpaired) electrons. The molecule has 1 aromatic carbocycles. The molecule has 4 rings (SSSR count). The van der Waals surface area contributed by atoms with Crippen LogP contribution in [0.25, 0.3) is 22.1 Å². The Hall–Kier alpha value is -3.22. The van der Waals surface area contributed by atoms with Crippen LogP contribution >= 0.6 is 0 Å². The van der Waals surface area contributed by atoms with Crippen LogP contribution in [0.4, 0.5) is 5.95 Å². The number of carbonyl (C=O) groups is 1. The van der Waals surface area contributed by atoms with Gasteiger partial charge in [0, 0.05) is 19.3 Å². The highest BCUT2D eigenvalue weighted by Gasteiger charge is 2.20. The lowest BCUT2D eigenvalue weighted by Gasteiger charge is -2.10. The Balaban J connectivity index is 1.81. The van der Waals surface area contributed by atoms with Gasteiger partial charge in [0.15, 0.2) is 5.65 Å². The van der Waals surface area contributed by atoms with Crippen molar-refractivity contribution in [1.29, 1.82) is 0 Å². The molecule has 0 unspecified atom stereocenters. The predicted molar refractivity (Wildman–Crippen MR) is 106 cm³/mol. The van der Waals surface area contributed by atoms with Crippen LogP contribution in [0.1, 0.15) is 35.1 Å². The Morgan fingerprint density at radius 2 is 1.96 bits per heavy atom. The lowest BCUT2D eigenvalue weighted by atomic mass is 10.1. The second kappa shape index (κ2) is 6.50. The Morgan fingerprint density at radius 3 is 2.74 bits per heavy atom.